The monoisotopic (exact) mass is 316 g/mol. The third-order valence-corrected chi connectivity index (χ3v) is 3.84. The fourth-order valence-electron chi connectivity index (χ4n) is 2.65. The molecule has 0 aromatic heterocycles. The number of nitrogens with two attached hydrogens (primary N) is 1. The van der Waals surface area contributed by atoms with Crippen LogP contribution in [-0.2, 0) is 11.0 Å². The van der Waals surface area contributed by atoms with E-state index in [0.717, 1.165) is 18.6 Å². The minimum atomic E-state index is -4.43. The van der Waals surface area contributed by atoms with Gasteiger partial charge in [-0.05, 0) is 44.0 Å². The van der Waals surface area contributed by atoms with E-state index >= 15 is 0 Å². The van der Waals surface area contributed by atoms with Crippen LogP contribution < -0.4 is 10.5 Å². The SMILES string of the molecule is CC1CC(CN)CN1C(=O)COc1cccc(C(F)(F)F)c1. The van der Waals surface area contributed by atoms with Crippen molar-refractivity contribution < 1.29 is 22.7 Å². The summed E-state index contributed by atoms with van der Waals surface area (Å²) in [7, 11) is 0. The molecule has 2 unspecified atom stereocenters. The molecule has 2 atom stereocenters. The van der Waals surface area contributed by atoms with Gasteiger partial charge in [-0.2, -0.15) is 13.2 Å². The van der Waals surface area contributed by atoms with Crippen molar-refractivity contribution >= 4 is 5.91 Å². The van der Waals surface area contributed by atoms with Crippen LogP contribution in [0.5, 0.6) is 5.75 Å². The third kappa shape index (κ3) is 3.91. The Labute approximate surface area is 127 Å². The molecule has 1 amide bonds. The van der Waals surface area contributed by atoms with Crippen molar-refractivity contribution in [3.8, 4) is 5.75 Å². The van der Waals surface area contributed by atoms with E-state index in [-0.39, 0.29) is 30.2 Å². The molecule has 1 aromatic carbocycles. The highest BCUT2D eigenvalue weighted by atomic mass is 19.4. The maximum Gasteiger partial charge on any atom is 0.416 e. The maximum absolute atomic E-state index is 12.6. The molecule has 7 heteroatoms. The van der Waals surface area contributed by atoms with Gasteiger partial charge in [-0.15, -0.1) is 0 Å². The summed E-state index contributed by atoms with van der Waals surface area (Å²) in [5.74, 6) is 0.0683. The molecule has 0 aliphatic carbocycles. The van der Waals surface area contributed by atoms with Gasteiger partial charge in [0.1, 0.15) is 5.75 Å². The van der Waals surface area contributed by atoms with Crippen LogP contribution in [0.1, 0.15) is 18.9 Å². The van der Waals surface area contributed by atoms with E-state index in [2.05, 4.69) is 0 Å². The Bertz CT molecular complexity index is 534. The van der Waals surface area contributed by atoms with Crippen molar-refractivity contribution in [1.82, 2.24) is 4.90 Å². The van der Waals surface area contributed by atoms with Crippen LogP contribution in [0, 0.1) is 5.92 Å². The topological polar surface area (TPSA) is 55.6 Å². The van der Waals surface area contributed by atoms with Crippen LogP contribution in [0.25, 0.3) is 0 Å². The Morgan fingerprint density at radius 3 is 2.77 bits per heavy atom. The number of rotatable bonds is 4. The van der Waals surface area contributed by atoms with Crippen molar-refractivity contribution in [1.29, 1.82) is 0 Å². The van der Waals surface area contributed by atoms with Crippen molar-refractivity contribution in [3.63, 3.8) is 0 Å². The number of amides is 1. The van der Waals surface area contributed by atoms with Gasteiger partial charge in [0.05, 0.1) is 5.56 Å². The number of alkyl halides is 3. The zero-order chi connectivity index (χ0) is 16.3. The van der Waals surface area contributed by atoms with Gasteiger partial charge in [-0.3, -0.25) is 4.79 Å². The molecule has 1 aromatic rings. The first-order chi connectivity index (χ1) is 10.3. The number of benzene rings is 1. The Morgan fingerprint density at radius 2 is 2.18 bits per heavy atom. The van der Waals surface area contributed by atoms with E-state index in [1.54, 1.807) is 4.90 Å². The Morgan fingerprint density at radius 1 is 1.45 bits per heavy atom. The Hall–Kier alpha value is -1.76. The lowest BCUT2D eigenvalue weighted by molar-refractivity contribution is -0.137. The molecule has 0 radical (unpaired) electrons. The van der Waals surface area contributed by atoms with Crippen LogP contribution >= 0.6 is 0 Å². The standard InChI is InChI=1S/C15H19F3N2O2/c1-10-5-11(7-19)8-20(10)14(21)9-22-13-4-2-3-12(6-13)15(16,17)18/h2-4,6,10-11H,5,7-9,19H2,1H3. The van der Waals surface area contributed by atoms with E-state index in [1.807, 2.05) is 6.92 Å². The van der Waals surface area contributed by atoms with Gasteiger partial charge < -0.3 is 15.4 Å². The van der Waals surface area contributed by atoms with E-state index in [0.29, 0.717) is 13.1 Å². The summed E-state index contributed by atoms with van der Waals surface area (Å²) in [6.07, 6.45) is -3.59. The second kappa shape index (κ2) is 6.56. The molecule has 1 aliphatic rings. The minimum Gasteiger partial charge on any atom is -0.484 e. The van der Waals surface area contributed by atoms with Gasteiger partial charge in [-0.1, -0.05) is 6.07 Å². The van der Waals surface area contributed by atoms with Crippen LogP contribution in [0.4, 0.5) is 13.2 Å². The van der Waals surface area contributed by atoms with E-state index in [9.17, 15) is 18.0 Å². The fourth-order valence-corrected chi connectivity index (χ4v) is 2.65. The molecule has 2 N–H and O–H groups in total. The summed E-state index contributed by atoms with van der Waals surface area (Å²) in [4.78, 5) is 13.8. The summed E-state index contributed by atoms with van der Waals surface area (Å²) in [6.45, 7) is 2.74. The lowest BCUT2D eigenvalue weighted by Gasteiger charge is -2.21. The molecule has 122 valence electrons. The highest BCUT2D eigenvalue weighted by Gasteiger charge is 2.32. The second-order valence-corrected chi connectivity index (χ2v) is 5.55. The van der Waals surface area contributed by atoms with Crippen molar-refractivity contribution in [3.05, 3.63) is 29.8 Å². The number of hydrogen-bond donors (Lipinski definition) is 1. The largest absolute Gasteiger partial charge is 0.484 e. The minimum absolute atomic E-state index is 0.0328. The first-order valence-electron chi connectivity index (χ1n) is 7.11. The summed E-state index contributed by atoms with van der Waals surface area (Å²) < 4.78 is 43.0. The molecular weight excluding hydrogens is 297 g/mol. The van der Waals surface area contributed by atoms with Crippen LogP contribution in [-0.4, -0.2) is 36.5 Å². The van der Waals surface area contributed by atoms with Gasteiger partial charge in [0.25, 0.3) is 5.91 Å². The van der Waals surface area contributed by atoms with Crippen molar-refractivity contribution in [2.24, 2.45) is 11.7 Å². The summed E-state index contributed by atoms with van der Waals surface area (Å²) in [5.41, 5.74) is 4.81. The van der Waals surface area contributed by atoms with Crippen LogP contribution in [0.15, 0.2) is 24.3 Å². The van der Waals surface area contributed by atoms with Crippen molar-refractivity contribution in [2.45, 2.75) is 25.6 Å². The fraction of sp³-hybridized carbons (Fsp3) is 0.533. The predicted molar refractivity (Wildman–Crippen MR) is 75.3 cm³/mol. The molecule has 0 spiro atoms. The van der Waals surface area contributed by atoms with Gasteiger partial charge in [-0.25, -0.2) is 0 Å². The number of carbonyl (C=O) groups is 1. The zero-order valence-corrected chi connectivity index (χ0v) is 12.3. The Balaban J connectivity index is 1.94. The number of carbonyl (C=O) groups excluding carboxylic acids is 1. The molecule has 1 aliphatic heterocycles. The summed E-state index contributed by atoms with van der Waals surface area (Å²) in [5, 5.41) is 0. The van der Waals surface area contributed by atoms with E-state index in [4.69, 9.17) is 10.5 Å². The van der Waals surface area contributed by atoms with Gasteiger partial charge in [0.2, 0.25) is 0 Å². The summed E-state index contributed by atoms with van der Waals surface area (Å²) in [6, 6.07) is 4.59. The molecule has 2 rings (SSSR count). The van der Waals surface area contributed by atoms with E-state index < -0.39 is 11.7 Å². The first-order valence-corrected chi connectivity index (χ1v) is 7.11. The molecular formula is C15H19F3N2O2. The average molecular weight is 316 g/mol. The first kappa shape index (κ1) is 16.6. The zero-order valence-electron chi connectivity index (χ0n) is 12.3. The Kier molecular flexibility index (Phi) is 4.95. The number of ether oxygens (including phenoxy) is 1. The third-order valence-electron chi connectivity index (χ3n) is 3.84. The second-order valence-electron chi connectivity index (χ2n) is 5.55. The average Bonchev–Trinajstić information content (AvgIpc) is 2.85. The number of halogens is 3. The quantitative estimate of drug-likeness (QED) is 0.927. The highest BCUT2D eigenvalue weighted by Crippen LogP contribution is 2.31. The van der Waals surface area contributed by atoms with Gasteiger partial charge >= 0.3 is 6.18 Å². The van der Waals surface area contributed by atoms with Crippen LogP contribution in [0.2, 0.25) is 0 Å². The molecule has 1 saturated heterocycles. The summed E-state index contributed by atoms with van der Waals surface area (Å²) >= 11 is 0. The molecule has 22 heavy (non-hydrogen) atoms. The molecule has 1 fully saturated rings. The smallest absolute Gasteiger partial charge is 0.416 e. The molecule has 4 nitrogen and oxygen atoms in total. The molecule has 0 bridgehead atoms. The lowest BCUT2D eigenvalue weighted by atomic mass is 10.1. The molecule has 0 saturated carbocycles. The van der Waals surface area contributed by atoms with Gasteiger partial charge in [0.15, 0.2) is 6.61 Å². The van der Waals surface area contributed by atoms with E-state index in [1.165, 1.54) is 12.1 Å². The lowest BCUT2D eigenvalue weighted by Crippen LogP contribution is -2.37. The van der Waals surface area contributed by atoms with Crippen LogP contribution in [0.3, 0.4) is 0 Å². The highest BCUT2D eigenvalue weighted by molar-refractivity contribution is 5.78. The number of hydrogen-bond acceptors (Lipinski definition) is 3. The maximum atomic E-state index is 12.6. The number of likely N-dealkylation sites (tertiary alicyclic amines) is 1. The van der Waals surface area contributed by atoms with Gasteiger partial charge in [0, 0.05) is 12.6 Å². The van der Waals surface area contributed by atoms with Crippen molar-refractivity contribution in [2.75, 3.05) is 19.7 Å². The molecule has 1 heterocycles. The predicted octanol–water partition coefficient (Wildman–Crippen LogP) is 2.28. The normalized spacial score (nSPS) is 22.0. The number of nitrogens with zero attached hydrogens (tertiary/aromatic N) is 1.